The molecule has 0 aliphatic carbocycles. The van der Waals surface area contributed by atoms with Gasteiger partial charge in [-0.1, -0.05) is 29.3 Å². The predicted octanol–water partition coefficient (Wildman–Crippen LogP) is 2.18. The molecule has 4 nitrogen and oxygen atoms in total. The molecule has 112 valence electrons. The number of hydrogen-bond acceptors (Lipinski definition) is 3. The van der Waals surface area contributed by atoms with Gasteiger partial charge in [-0.25, -0.2) is 4.98 Å². The van der Waals surface area contributed by atoms with Crippen LogP contribution in [-0.2, 0) is 13.6 Å². The molecule has 4 heteroatoms. The van der Waals surface area contributed by atoms with Crippen molar-refractivity contribution in [2.75, 3.05) is 19.6 Å². The Hall–Kier alpha value is -1.65. The van der Waals surface area contributed by atoms with E-state index in [0.717, 1.165) is 32.0 Å². The fourth-order valence-electron chi connectivity index (χ4n) is 3.28. The van der Waals surface area contributed by atoms with Crippen LogP contribution in [0.15, 0.2) is 30.6 Å². The van der Waals surface area contributed by atoms with Gasteiger partial charge in [-0.3, -0.25) is 4.90 Å². The van der Waals surface area contributed by atoms with E-state index in [9.17, 15) is 0 Å². The van der Waals surface area contributed by atoms with Gasteiger partial charge < -0.3 is 9.88 Å². The van der Waals surface area contributed by atoms with Gasteiger partial charge in [0.1, 0.15) is 5.82 Å². The number of rotatable bonds is 3. The van der Waals surface area contributed by atoms with E-state index in [-0.39, 0.29) is 0 Å². The predicted molar refractivity (Wildman–Crippen MR) is 85.1 cm³/mol. The largest absolute Gasteiger partial charge is 0.337 e. The fourth-order valence-corrected chi connectivity index (χ4v) is 3.28. The summed E-state index contributed by atoms with van der Waals surface area (Å²) in [5, 5.41) is 3.49. The van der Waals surface area contributed by atoms with E-state index in [4.69, 9.17) is 0 Å². The SMILES string of the molecule is Cc1cc(C)cc(CN2CCNCC2c2nccn2C)c1. The Labute approximate surface area is 126 Å². The highest BCUT2D eigenvalue weighted by molar-refractivity contribution is 5.28. The maximum absolute atomic E-state index is 4.55. The maximum Gasteiger partial charge on any atom is 0.127 e. The lowest BCUT2D eigenvalue weighted by molar-refractivity contribution is 0.144. The lowest BCUT2D eigenvalue weighted by Gasteiger charge is -2.35. The number of nitrogens with zero attached hydrogens (tertiary/aromatic N) is 3. The average Bonchev–Trinajstić information content (AvgIpc) is 2.84. The first-order valence-corrected chi connectivity index (χ1v) is 7.62. The molecule has 1 aromatic carbocycles. The quantitative estimate of drug-likeness (QED) is 0.938. The van der Waals surface area contributed by atoms with Crippen molar-refractivity contribution in [3.05, 3.63) is 53.1 Å². The van der Waals surface area contributed by atoms with Crippen LogP contribution < -0.4 is 5.32 Å². The zero-order chi connectivity index (χ0) is 14.8. The summed E-state index contributed by atoms with van der Waals surface area (Å²) in [6.45, 7) is 8.41. The summed E-state index contributed by atoms with van der Waals surface area (Å²) in [5.74, 6) is 1.14. The highest BCUT2D eigenvalue weighted by atomic mass is 15.3. The zero-order valence-corrected chi connectivity index (χ0v) is 13.1. The molecule has 0 amide bonds. The number of aromatic nitrogens is 2. The first kappa shape index (κ1) is 14.3. The van der Waals surface area contributed by atoms with Crippen LogP contribution in [0.5, 0.6) is 0 Å². The van der Waals surface area contributed by atoms with Crippen molar-refractivity contribution >= 4 is 0 Å². The summed E-state index contributed by atoms with van der Waals surface area (Å²) in [6.07, 6.45) is 3.91. The molecular weight excluding hydrogens is 260 g/mol. The topological polar surface area (TPSA) is 33.1 Å². The van der Waals surface area contributed by atoms with E-state index in [0.29, 0.717) is 6.04 Å². The molecule has 0 spiro atoms. The first-order chi connectivity index (χ1) is 10.1. The highest BCUT2D eigenvalue weighted by Crippen LogP contribution is 2.23. The fraction of sp³-hybridized carbons (Fsp3) is 0.471. The molecule has 1 atom stereocenters. The van der Waals surface area contributed by atoms with Gasteiger partial charge in [-0.15, -0.1) is 0 Å². The molecule has 1 fully saturated rings. The van der Waals surface area contributed by atoms with Crippen molar-refractivity contribution in [2.45, 2.75) is 26.4 Å². The molecule has 2 heterocycles. The number of nitrogens with one attached hydrogen (secondary N) is 1. The van der Waals surface area contributed by atoms with E-state index in [1.54, 1.807) is 0 Å². The molecule has 0 saturated carbocycles. The highest BCUT2D eigenvalue weighted by Gasteiger charge is 2.26. The molecule has 0 bridgehead atoms. The van der Waals surface area contributed by atoms with Crippen LogP contribution >= 0.6 is 0 Å². The van der Waals surface area contributed by atoms with Crippen molar-refractivity contribution in [3.63, 3.8) is 0 Å². The second kappa shape index (κ2) is 6.00. The average molecular weight is 284 g/mol. The van der Waals surface area contributed by atoms with Gasteiger partial charge in [0.15, 0.2) is 0 Å². The standard InChI is InChI=1S/C17H24N4/c1-13-8-14(2)10-15(9-13)12-21-7-4-18-11-16(21)17-19-5-6-20(17)3/h5-6,8-10,16,18H,4,7,11-12H2,1-3H3. The third-order valence-electron chi connectivity index (χ3n) is 4.18. The lowest BCUT2D eigenvalue weighted by atomic mass is 10.1. The summed E-state index contributed by atoms with van der Waals surface area (Å²) in [5.41, 5.74) is 4.08. The van der Waals surface area contributed by atoms with Crippen LogP contribution in [0.25, 0.3) is 0 Å². The van der Waals surface area contributed by atoms with E-state index in [1.807, 2.05) is 12.4 Å². The lowest BCUT2D eigenvalue weighted by Crippen LogP contribution is -2.46. The third-order valence-corrected chi connectivity index (χ3v) is 4.18. The molecule has 1 aliphatic rings. The van der Waals surface area contributed by atoms with Gasteiger partial charge in [0, 0.05) is 45.6 Å². The van der Waals surface area contributed by atoms with Crippen molar-refractivity contribution in [2.24, 2.45) is 7.05 Å². The van der Waals surface area contributed by atoms with E-state index >= 15 is 0 Å². The number of imidazole rings is 1. The van der Waals surface area contributed by atoms with Crippen molar-refractivity contribution in [1.29, 1.82) is 0 Å². The Kier molecular flexibility index (Phi) is 4.08. The molecular formula is C17H24N4. The van der Waals surface area contributed by atoms with Crippen LogP contribution in [0.2, 0.25) is 0 Å². The van der Waals surface area contributed by atoms with Crippen molar-refractivity contribution in [3.8, 4) is 0 Å². The summed E-state index contributed by atoms with van der Waals surface area (Å²) >= 11 is 0. The van der Waals surface area contributed by atoms with Gasteiger partial charge in [-0.05, 0) is 19.4 Å². The van der Waals surface area contributed by atoms with Gasteiger partial charge in [-0.2, -0.15) is 0 Å². The Bertz CT molecular complexity index is 597. The molecule has 0 radical (unpaired) electrons. The molecule has 2 aromatic rings. The van der Waals surface area contributed by atoms with Gasteiger partial charge in [0.25, 0.3) is 0 Å². The van der Waals surface area contributed by atoms with Crippen LogP contribution in [-0.4, -0.2) is 34.1 Å². The molecule has 1 saturated heterocycles. The number of aryl methyl sites for hydroxylation is 3. The molecule has 21 heavy (non-hydrogen) atoms. The Morgan fingerprint density at radius 3 is 2.67 bits per heavy atom. The van der Waals surface area contributed by atoms with Crippen LogP contribution in [0.3, 0.4) is 0 Å². The normalized spacial score (nSPS) is 19.9. The minimum atomic E-state index is 0.347. The Morgan fingerprint density at radius 2 is 2.00 bits per heavy atom. The maximum atomic E-state index is 4.55. The number of hydrogen-bond donors (Lipinski definition) is 1. The molecule has 1 aromatic heterocycles. The Morgan fingerprint density at radius 1 is 1.24 bits per heavy atom. The summed E-state index contributed by atoms with van der Waals surface area (Å²) < 4.78 is 2.13. The van der Waals surface area contributed by atoms with Gasteiger partial charge in [0.05, 0.1) is 6.04 Å². The number of benzene rings is 1. The molecule has 1 N–H and O–H groups in total. The molecule has 1 unspecified atom stereocenters. The zero-order valence-electron chi connectivity index (χ0n) is 13.1. The monoisotopic (exact) mass is 284 g/mol. The first-order valence-electron chi connectivity index (χ1n) is 7.62. The second-order valence-corrected chi connectivity index (χ2v) is 6.08. The van der Waals surface area contributed by atoms with Crippen molar-refractivity contribution in [1.82, 2.24) is 19.8 Å². The van der Waals surface area contributed by atoms with Crippen LogP contribution in [0, 0.1) is 13.8 Å². The van der Waals surface area contributed by atoms with E-state index < -0.39 is 0 Å². The van der Waals surface area contributed by atoms with E-state index in [1.165, 1.54) is 16.7 Å². The summed E-state index contributed by atoms with van der Waals surface area (Å²) in [7, 11) is 2.08. The van der Waals surface area contributed by atoms with Crippen molar-refractivity contribution < 1.29 is 0 Å². The van der Waals surface area contributed by atoms with E-state index in [2.05, 4.69) is 58.9 Å². The van der Waals surface area contributed by atoms with Gasteiger partial charge in [0.2, 0.25) is 0 Å². The molecule has 1 aliphatic heterocycles. The second-order valence-electron chi connectivity index (χ2n) is 6.08. The number of piperazine rings is 1. The summed E-state index contributed by atoms with van der Waals surface area (Å²) in [6, 6.07) is 7.17. The Balaban J connectivity index is 1.83. The van der Waals surface area contributed by atoms with Gasteiger partial charge >= 0.3 is 0 Å². The van der Waals surface area contributed by atoms with Crippen LogP contribution in [0.4, 0.5) is 0 Å². The minimum Gasteiger partial charge on any atom is -0.337 e. The molecule has 3 rings (SSSR count). The third kappa shape index (κ3) is 3.17. The smallest absolute Gasteiger partial charge is 0.127 e. The summed E-state index contributed by atoms with van der Waals surface area (Å²) in [4.78, 5) is 7.08. The minimum absolute atomic E-state index is 0.347. The van der Waals surface area contributed by atoms with Crippen LogP contribution in [0.1, 0.15) is 28.6 Å².